The second-order valence-electron chi connectivity index (χ2n) is 9.14. The monoisotopic (exact) mass is 400 g/mol. The molecule has 160 valence electrons. The van der Waals surface area contributed by atoms with Crippen molar-refractivity contribution in [2.75, 3.05) is 44.2 Å². The number of likely N-dealkylation sites (tertiary alicyclic amines) is 1. The zero-order valence-electron chi connectivity index (χ0n) is 18.3. The molecule has 0 aliphatic carbocycles. The molecule has 0 N–H and O–H groups in total. The fourth-order valence-corrected chi connectivity index (χ4v) is 5.03. The van der Waals surface area contributed by atoms with Gasteiger partial charge in [0.1, 0.15) is 0 Å². The van der Waals surface area contributed by atoms with Gasteiger partial charge in [-0.3, -0.25) is 14.6 Å². The lowest BCUT2D eigenvalue weighted by Crippen LogP contribution is -2.56. The Hall–Kier alpha value is -1.73. The maximum absolute atomic E-state index is 12.0. The van der Waals surface area contributed by atoms with Crippen LogP contribution in [0, 0.1) is 0 Å². The van der Waals surface area contributed by atoms with E-state index in [1.54, 1.807) is 0 Å². The average molecular weight is 401 g/mol. The van der Waals surface area contributed by atoms with E-state index in [0.717, 1.165) is 63.7 Å². The lowest BCUT2D eigenvalue weighted by atomic mass is 10.1. The zero-order chi connectivity index (χ0) is 20.4. The summed E-state index contributed by atoms with van der Waals surface area (Å²) in [7, 11) is 0. The van der Waals surface area contributed by atoms with Crippen molar-refractivity contribution < 1.29 is 4.79 Å². The van der Waals surface area contributed by atoms with Gasteiger partial charge >= 0.3 is 0 Å². The summed E-state index contributed by atoms with van der Waals surface area (Å²) in [6.45, 7) is 13.3. The van der Waals surface area contributed by atoms with E-state index < -0.39 is 0 Å². The van der Waals surface area contributed by atoms with E-state index in [4.69, 9.17) is 9.97 Å². The zero-order valence-corrected chi connectivity index (χ0v) is 18.3. The Bertz CT molecular complexity index is 671. The van der Waals surface area contributed by atoms with Crippen molar-refractivity contribution in [1.82, 2.24) is 24.7 Å². The van der Waals surface area contributed by atoms with Crippen molar-refractivity contribution in [3.63, 3.8) is 0 Å². The Morgan fingerprint density at radius 1 is 1.07 bits per heavy atom. The molecule has 0 radical (unpaired) electrons. The van der Waals surface area contributed by atoms with Gasteiger partial charge in [-0.15, -0.1) is 0 Å². The molecule has 1 aromatic heterocycles. The van der Waals surface area contributed by atoms with Gasteiger partial charge in [-0.2, -0.15) is 0 Å². The molecule has 3 aliphatic heterocycles. The third kappa shape index (κ3) is 4.56. The van der Waals surface area contributed by atoms with Crippen LogP contribution in [0.15, 0.2) is 12.4 Å². The van der Waals surface area contributed by atoms with Crippen LogP contribution < -0.4 is 4.90 Å². The quantitative estimate of drug-likeness (QED) is 0.728. The fraction of sp³-hybridized carbons (Fsp3) is 0.773. The Morgan fingerprint density at radius 3 is 2.24 bits per heavy atom. The summed E-state index contributed by atoms with van der Waals surface area (Å²) in [4.78, 5) is 31.0. The SMILES string of the molecule is CCCC(=O)N1CCN(Cc2cnc(N3C4CCC3CN(C(C)C)C4)nc2)CC1. The van der Waals surface area contributed by atoms with Crippen molar-refractivity contribution in [3.05, 3.63) is 18.0 Å². The van der Waals surface area contributed by atoms with Gasteiger partial charge < -0.3 is 9.80 Å². The summed E-state index contributed by atoms with van der Waals surface area (Å²) >= 11 is 0. The number of anilines is 1. The molecule has 0 aromatic carbocycles. The minimum Gasteiger partial charge on any atom is -0.340 e. The largest absolute Gasteiger partial charge is 0.340 e. The number of hydrogen-bond acceptors (Lipinski definition) is 6. The van der Waals surface area contributed by atoms with Gasteiger partial charge in [0.2, 0.25) is 11.9 Å². The first kappa shape index (κ1) is 20.5. The maximum Gasteiger partial charge on any atom is 0.225 e. The number of nitrogens with zero attached hydrogens (tertiary/aromatic N) is 6. The first-order valence-electron chi connectivity index (χ1n) is 11.4. The smallest absolute Gasteiger partial charge is 0.225 e. The molecule has 29 heavy (non-hydrogen) atoms. The van der Waals surface area contributed by atoms with Crippen LogP contribution in [0.3, 0.4) is 0 Å². The van der Waals surface area contributed by atoms with E-state index in [9.17, 15) is 4.79 Å². The molecule has 4 heterocycles. The van der Waals surface area contributed by atoms with Crippen LogP contribution in [0.1, 0.15) is 52.0 Å². The highest BCUT2D eigenvalue weighted by Crippen LogP contribution is 2.33. The molecule has 7 heteroatoms. The number of amides is 1. The average Bonchev–Trinajstić information content (AvgIpc) is 2.98. The highest BCUT2D eigenvalue weighted by atomic mass is 16.2. The third-order valence-electron chi connectivity index (χ3n) is 6.76. The number of rotatable bonds is 6. The van der Waals surface area contributed by atoms with E-state index >= 15 is 0 Å². The summed E-state index contributed by atoms with van der Waals surface area (Å²) in [6, 6.07) is 1.72. The van der Waals surface area contributed by atoms with Gasteiger partial charge in [0, 0.05) is 88.3 Å². The first-order chi connectivity index (χ1) is 14.0. The van der Waals surface area contributed by atoms with Gasteiger partial charge in [-0.1, -0.05) is 6.92 Å². The van der Waals surface area contributed by atoms with Crippen LogP contribution in [-0.2, 0) is 11.3 Å². The molecule has 0 saturated carbocycles. The van der Waals surface area contributed by atoms with E-state index in [1.165, 1.54) is 12.8 Å². The summed E-state index contributed by atoms with van der Waals surface area (Å²) in [5.74, 6) is 1.20. The van der Waals surface area contributed by atoms with E-state index in [0.29, 0.717) is 30.5 Å². The van der Waals surface area contributed by atoms with Crippen molar-refractivity contribution >= 4 is 11.9 Å². The van der Waals surface area contributed by atoms with Crippen molar-refractivity contribution in [1.29, 1.82) is 0 Å². The number of aromatic nitrogens is 2. The predicted octanol–water partition coefficient (Wildman–Crippen LogP) is 1.98. The van der Waals surface area contributed by atoms with Crippen LogP contribution in [0.2, 0.25) is 0 Å². The molecule has 0 spiro atoms. The topological polar surface area (TPSA) is 55.8 Å². The van der Waals surface area contributed by atoms with E-state index in [-0.39, 0.29) is 0 Å². The van der Waals surface area contributed by atoms with Crippen molar-refractivity contribution in [2.24, 2.45) is 0 Å². The molecule has 2 unspecified atom stereocenters. The molecule has 3 fully saturated rings. The number of carbonyl (C=O) groups is 1. The fourth-order valence-electron chi connectivity index (χ4n) is 5.03. The summed E-state index contributed by atoms with van der Waals surface area (Å²) in [5, 5.41) is 0. The van der Waals surface area contributed by atoms with Gasteiger partial charge in [0.05, 0.1) is 0 Å². The molecule has 1 aromatic rings. The van der Waals surface area contributed by atoms with Crippen LogP contribution in [-0.4, -0.2) is 88.0 Å². The third-order valence-corrected chi connectivity index (χ3v) is 6.76. The van der Waals surface area contributed by atoms with Crippen LogP contribution in [0.4, 0.5) is 5.95 Å². The van der Waals surface area contributed by atoms with Gasteiger partial charge in [-0.05, 0) is 33.1 Å². The maximum atomic E-state index is 12.0. The normalized spacial score (nSPS) is 25.8. The lowest BCUT2D eigenvalue weighted by Gasteiger charge is -2.42. The molecule has 3 aliphatic rings. The molecular formula is C22H36N6O. The summed E-state index contributed by atoms with van der Waals surface area (Å²) in [6.07, 6.45) is 8.11. The predicted molar refractivity (Wildman–Crippen MR) is 115 cm³/mol. The highest BCUT2D eigenvalue weighted by Gasteiger charge is 2.41. The minimum atomic E-state index is 0.298. The van der Waals surface area contributed by atoms with Gasteiger partial charge in [-0.25, -0.2) is 9.97 Å². The van der Waals surface area contributed by atoms with Gasteiger partial charge in [0.15, 0.2) is 0 Å². The van der Waals surface area contributed by atoms with E-state index in [2.05, 4.69) is 35.5 Å². The Kier molecular flexibility index (Phi) is 6.35. The van der Waals surface area contributed by atoms with Crippen LogP contribution in [0.25, 0.3) is 0 Å². The number of fused-ring (bicyclic) bond motifs is 2. The standard InChI is InChI=1S/C22H36N6O/c1-4-5-21(29)26-10-8-25(9-11-26)14-18-12-23-22(24-13-18)28-19-6-7-20(28)16-27(15-19)17(2)3/h12-13,17,19-20H,4-11,14-16H2,1-3H3. The molecular weight excluding hydrogens is 364 g/mol. The molecule has 2 atom stereocenters. The lowest BCUT2D eigenvalue weighted by molar-refractivity contribution is -0.133. The number of piperazine rings is 2. The Balaban J connectivity index is 1.31. The Labute approximate surface area is 175 Å². The second-order valence-corrected chi connectivity index (χ2v) is 9.14. The molecule has 3 saturated heterocycles. The minimum absolute atomic E-state index is 0.298. The number of carbonyl (C=O) groups excluding carboxylic acids is 1. The van der Waals surface area contributed by atoms with Crippen molar-refractivity contribution in [2.45, 2.75) is 71.1 Å². The van der Waals surface area contributed by atoms with Crippen LogP contribution in [0.5, 0.6) is 0 Å². The summed E-state index contributed by atoms with van der Waals surface area (Å²) < 4.78 is 0. The molecule has 4 rings (SSSR count). The highest BCUT2D eigenvalue weighted by molar-refractivity contribution is 5.76. The van der Waals surface area contributed by atoms with Gasteiger partial charge in [0.25, 0.3) is 0 Å². The molecule has 1 amide bonds. The summed E-state index contributed by atoms with van der Waals surface area (Å²) in [5.41, 5.74) is 1.16. The van der Waals surface area contributed by atoms with Crippen molar-refractivity contribution in [3.8, 4) is 0 Å². The Morgan fingerprint density at radius 2 is 1.69 bits per heavy atom. The molecule has 7 nitrogen and oxygen atoms in total. The number of hydrogen-bond donors (Lipinski definition) is 0. The van der Waals surface area contributed by atoms with E-state index in [1.807, 2.05) is 17.3 Å². The second kappa shape index (κ2) is 8.96. The molecule has 2 bridgehead atoms. The first-order valence-corrected chi connectivity index (χ1v) is 11.4. The van der Waals surface area contributed by atoms with Crippen LogP contribution >= 0.6 is 0 Å².